The van der Waals surface area contributed by atoms with Crippen molar-refractivity contribution in [2.75, 3.05) is 12.5 Å². The maximum absolute atomic E-state index is 6.24. The van der Waals surface area contributed by atoms with Crippen LogP contribution in [0.3, 0.4) is 0 Å². The summed E-state index contributed by atoms with van der Waals surface area (Å²) >= 11 is 0. The molecule has 4 rings (SSSR count). The molecule has 126 valence electrons. The Hall–Kier alpha value is -1.23. The first kappa shape index (κ1) is 16.3. The second-order valence-corrected chi connectivity index (χ2v) is 11.7. The molecule has 0 aromatic heterocycles. The van der Waals surface area contributed by atoms with Crippen LogP contribution in [0.1, 0.15) is 27.7 Å². The highest BCUT2D eigenvalue weighted by molar-refractivity contribution is 8.33. The summed E-state index contributed by atoms with van der Waals surface area (Å²) in [5.74, 6) is 0. The van der Waals surface area contributed by atoms with Crippen molar-refractivity contribution in [1.82, 2.24) is 0 Å². The van der Waals surface area contributed by atoms with Crippen LogP contribution in [0.25, 0.3) is 11.1 Å². The van der Waals surface area contributed by atoms with Gasteiger partial charge in [-0.25, -0.2) is 0 Å². The molecule has 0 bridgehead atoms. The highest BCUT2D eigenvalue weighted by Crippen LogP contribution is 2.66. The van der Waals surface area contributed by atoms with Crippen molar-refractivity contribution < 1.29 is 9.31 Å². The van der Waals surface area contributed by atoms with Crippen molar-refractivity contribution in [1.29, 1.82) is 0 Å². The van der Waals surface area contributed by atoms with Gasteiger partial charge in [0.25, 0.3) is 0 Å². The van der Waals surface area contributed by atoms with Crippen LogP contribution in [0.2, 0.25) is 0 Å². The third-order valence-electron chi connectivity index (χ3n) is 5.81. The Morgan fingerprint density at radius 1 is 0.792 bits per heavy atom. The zero-order valence-electron chi connectivity index (χ0n) is 15.3. The van der Waals surface area contributed by atoms with Crippen LogP contribution in [-0.2, 0) is 9.31 Å². The van der Waals surface area contributed by atoms with Crippen LogP contribution in [0.5, 0.6) is 0 Å². The molecule has 1 saturated heterocycles. The maximum atomic E-state index is 6.24. The average molecular weight is 340 g/mol. The normalized spacial score (nSPS) is 23.7. The Bertz CT molecular complexity index is 810. The molecule has 2 aliphatic rings. The lowest BCUT2D eigenvalue weighted by molar-refractivity contribution is 0.00578. The molecule has 0 N–H and O–H groups in total. The van der Waals surface area contributed by atoms with E-state index in [1.165, 1.54) is 20.9 Å². The van der Waals surface area contributed by atoms with E-state index in [1.807, 2.05) is 0 Å². The van der Waals surface area contributed by atoms with Gasteiger partial charge in [0.05, 0.1) is 11.2 Å². The topological polar surface area (TPSA) is 18.5 Å². The van der Waals surface area contributed by atoms with Crippen molar-refractivity contribution >= 4 is 22.6 Å². The van der Waals surface area contributed by atoms with Gasteiger partial charge in [0, 0.05) is 9.79 Å². The Balaban J connectivity index is 1.78. The van der Waals surface area contributed by atoms with Crippen LogP contribution in [0.15, 0.2) is 52.3 Å². The molecular formula is C20H25BO2S. The highest BCUT2D eigenvalue weighted by atomic mass is 32.3. The van der Waals surface area contributed by atoms with E-state index in [0.29, 0.717) is 0 Å². The molecule has 0 saturated carbocycles. The van der Waals surface area contributed by atoms with E-state index in [0.717, 1.165) is 5.46 Å². The molecule has 2 nitrogen and oxygen atoms in total. The number of hydrogen-bond donors (Lipinski definition) is 0. The molecule has 24 heavy (non-hydrogen) atoms. The first-order valence-electron chi connectivity index (χ1n) is 8.46. The van der Waals surface area contributed by atoms with Crippen LogP contribution < -0.4 is 5.46 Å². The zero-order chi connectivity index (χ0) is 17.3. The first-order chi connectivity index (χ1) is 11.1. The van der Waals surface area contributed by atoms with Gasteiger partial charge in [0.15, 0.2) is 0 Å². The fourth-order valence-electron chi connectivity index (χ4n) is 3.56. The summed E-state index contributed by atoms with van der Waals surface area (Å²) in [6.07, 6.45) is 4.76. The van der Waals surface area contributed by atoms with Crippen molar-refractivity contribution in [2.24, 2.45) is 0 Å². The molecule has 1 fully saturated rings. The van der Waals surface area contributed by atoms with Crippen molar-refractivity contribution in [3.8, 4) is 11.1 Å². The standard InChI is InChI=1S/C20H25BO2S/c1-19(2)20(3,4)23-21(22-19)14-11-12-16-15-9-7-8-10-17(15)24(5,6)18(16)13-14/h7-13H,1-6H3. The third-order valence-corrected chi connectivity index (χ3v) is 8.70. The van der Waals surface area contributed by atoms with Crippen LogP contribution >= 0.6 is 10.0 Å². The maximum Gasteiger partial charge on any atom is 0.494 e. The zero-order valence-corrected chi connectivity index (χ0v) is 16.2. The molecule has 2 heterocycles. The Morgan fingerprint density at radius 3 is 2.04 bits per heavy atom. The first-order valence-corrected chi connectivity index (χ1v) is 10.9. The lowest BCUT2D eigenvalue weighted by atomic mass is 9.78. The summed E-state index contributed by atoms with van der Waals surface area (Å²) in [5, 5.41) is 0. The Labute approximate surface area is 147 Å². The summed E-state index contributed by atoms with van der Waals surface area (Å²) in [4.78, 5) is 2.92. The van der Waals surface area contributed by atoms with E-state index in [1.54, 1.807) is 0 Å². The molecule has 2 aromatic rings. The fourth-order valence-corrected chi connectivity index (χ4v) is 6.10. The van der Waals surface area contributed by atoms with Gasteiger partial charge in [-0.05, 0) is 68.9 Å². The predicted molar refractivity (Wildman–Crippen MR) is 104 cm³/mol. The molecule has 0 aliphatic carbocycles. The van der Waals surface area contributed by atoms with E-state index in [9.17, 15) is 0 Å². The van der Waals surface area contributed by atoms with E-state index in [2.05, 4.69) is 82.7 Å². The minimum atomic E-state index is -0.986. The fraction of sp³-hybridized carbons (Fsp3) is 0.400. The number of rotatable bonds is 1. The Morgan fingerprint density at radius 2 is 1.38 bits per heavy atom. The predicted octanol–water partition coefficient (Wildman–Crippen LogP) is 4.45. The summed E-state index contributed by atoms with van der Waals surface area (Å²) in [5.41, 5.74) is 3.27. The van der Waals surface area contributed by atoms with Crippen molar-refractivity contribution in [3.63, 3.8) is 0 Å². The van der Waals surface area contributed by atoms with E-state index >= 15 is 0 Å². The lowest BCUT2D eigenvalue weighted by Crippen LogP contribution is -2.41. The number of fused-ring (bicyclic) bond motifs is 3. The molecule has 0 radical (unpaired) electrons. The minimum Gasteiger partial charge on any atom is -0.399 e. The van der Waals surface area contributed by atoms with Gasteiger partial charge < -0.3 is 9.31 Å². The van der Waals surface area contributed by atoms with E-state index in [-0.39, 0.29) is 18.3 Å². The van der Waals surface area contributed by atoms with Crippen LogP contribution in [0, 0.1) is 0 Å². The molecule has 2 aromatic carbocycles. The van der Waals surface area contributed by atoms with Gasteiger partial charge in [-0.3, -0.25) is 0 Å². The van der Waals surface area contributed by atoms with E-state index in [4.69, 9.17) is 9.31 Å². The number of benzene rings is 2. The minimum absolute atomic E-state index is 0.292. The Kier molecular flexibility index (Phi) is 3.32. The van der Waals surface area contributed by atoms with Crippen molar-refractivity contribution in [2.45, 2.75) is 48.7 Å². The van der Waals surface area contributed by atoms with Gasteiger partial charge in [-0.15, -0.1) is 0 Å². The molecule has 2 aliphatic heterocycles. The second kappa shape index (κ2) is 4.90. The van der Waals surface area contributed by atoms with Crippen molar-refractivity contribution in [3.05, 3.63) is 42.5 Å². The number of hydrogen-bond acceptors (Lipinski definition) is 2. The van der Waals surface area contributed by atoms with E-state index < -0.39 is 10.0 Å². The largest absolute Gasteiger partial charge is 0.494 e. The molecular weight excluding hydrogens is 315 g/mol. The molecule has 0 spiro atoms. The summed E-state index contributed by atoms with van der Waals surface area (Å²) in [6.45, 7) is 8.41. The summed E-state index contributed by atoms with van der Waals surface area (Å²) in [6, 6.07) is 15.5. The molecule has 0 unspecified atom stereocenters. The average Bonchev–Trinajstić information content (AvgIpc) is 2.88. The smallest absolute Gasteiger partial charge is 0.399 e. The third kappa shape index (κ3) is 2.13. The van der Waals surface area contributed by atoms with Gasteiger partial charge in [-0.2, -0.15) is 10.0 Å². The molecule has 4 heteroatoms. The van der Waals surface area contributed by atoms with Crippen LogP contribution in [0.4, 0.5) is 0 Å². The highest BCUT2D eigenvalue weighted by Gasteiger charge is 2.52. The summed E-state index contributed by atoms with van der Waals surface area (Å²) in [7, 11) is -1.28. The molecule has 0 atom stereocenters. The van der Waals surface area contributed by atoms with Gasteiger partial charge >= 0.3 is 7.12 Å². The summed E-state index contributed by atoms with van der Waals surface area (Å²) < 4.78 is 12.5. The van der Waals surface area contributed by atoms with Crippen LogP contribution in [-0.4, -0.2) is 30.8 Å². The quantitative estimate of drug-likeness (QED) is 0.714. The van der Waals surface area contributed by atoms with Gasteiger partial charge in [0.2, 0.25) is 0 Å². The molecule has 0 amide bonds. The monoisotopic (exact) mass is 340 g/mol. The van der Waals surface area contributed by atoms with Gasteiger partial charge in [0.1, 0.15) is 0 Å². The second-order valence-electron chi connectivity index (χ2n) is 8.17. The lowest BCUT2D eigenvalue weighted by Gasteiger charge is -2.32. The SMILES string of the molecule is CC1(C)OB(c2ccc3c(c2)S(C)(C)c2ccccc2-3)OC1(C)C. The van der Waals surface area contributed by atoms with Gasteiger partial charge in [-0.1, -0.05) is 30.3 Å².